The van der Waals surface area contributed by atoms with Crippen molar-refractivity contribution in [3.05, 3.63) is 66.3 Å². The molecule has 0 aromatic carbocycles. The van der Waals surface area contributed by atoms with Gasteiger partial charge in [-0.2, -0.15) is 18.3 Å². The van der Waals surface area contributed by atoms with Crippen LogP contribution in [0, 0.1) is 0 Å². The van der Waals surface area contributed by atoms with E-state index < -0.39 is 17.9 Å². The lowest BCUT2D eigenvalue weighted by molar-refractivity contribution is -0.0689. The molecule has 3 N–H and O–H groups in total. The van der Waals surface area contributed by atoms with Gasteiger partial charge in [0.25, 0.3) is 5.91 Å². The Morgan fingerprint density at radius 2 is 1.93 bits per heavy atom. The van der Waals surface area contributed by atoms with Gasteiger partial charge in [0.05, 0.1) is 41.3 Å². The van der Waals surface area contributed by atoms with Gasteiger partial charge in [-0.25, -0.2) is 0 Å². The first-order chi connectivity index (χ1) is 20.6. The Morgan fingerprint density at radius 3 is 2.50 bits per heavy atom. The Labute approximate surface area is 257 Å². The van der Waals surface area contributed by atoms with Crippen molar-refractivity contribution in [3.63, 3.8) is 0 Å². The van der Waals surface area contributed by atoms with Crippen LogP contribution in [0.1, 0.15) is 72.9 Å². The molecule has 0 bridgehead atoms. The maximum absolute atomic E-state index is 13.8. The van der Waals surface area contributed by atoms with Crippen molar-refractivity contribution in [2.75, 3.05) is 39.9 Å². The molecule has 0 saturated carbocycles. The number of aliphatic hydroxyl groups excluding tert-OH is 1. The Bertz CT molecular complexity index is 1320. The fourth-order valence-corrected chi connectivity index (χ4v) is 5.06. The predicted octanol–water partition coefficient (Wildman–Crippen LogP) is 4.65. The topological polar surface area (TPSA) is 105 Å². The lowest BCUT2D eigenvalue weighted by Crippen LogP contribution is -2.45. The molecule has 1 unspecified atom stereocenters. The average Bonchev–Trinajstić information content (AvgIpc) is 3.46. The number of ether oxygens (including phenoxy) is 1. The summed E-state index contributed by atoms with van der Waals surface area (Å²) in [4.78, 5) is 19.1. The summed E-state index contributed by atoms with van der Waals surface area (Å²) < 4.78 is 48.1. The van der Waals surface area contributed by atoms with E-state index in [0.717, 1.165) is 25.9 Å². The molecule has 9 nitrogen and oxygen atoms in total. The molecule has 12 heteroatoms. The molecule has 1 amide bonds. The molecule has 0 spiro atoms. The van der Waals surface area contributed by atoms with Crippen molar-refractivity contribution >= 4 is 23.3 Å². The first-order valence-corrected chi connectivity index (χ1v) is 14.7. The van der Waals surface area contributed by atoms with E-state index >= 15 is 0 Å². The van der Waals surface area contributed by atoms with Crippen LogP contribution in [0.3, 0.4) is 0 Å². The summed E-state index contributed by atoms with van der Waals surface area (Å²) >= 11 is 0. The van der Waals surface area contributed by atoms with Crippen LogP contribution in [0.25, 0.3) is 17.3 Å². The molecule has 3 rings (SSSR count). The van der Waals surface area contributed by atoms with Gasteiger partial charge in [0.15, 0.2) is 0 Å². The molecule has 1 fully saturated rings. The molecule has 2 aromatic rings. The third kappa shape index (κ3) is 9.51. The highest BCUT2D eigenvalue weighted by Gasteiger charge is 2.36. The smallest absolute Gasteiger partial charge is 0.389 e. The van der Waals surface area contributed by atoms with Gasteiger partial charge in [0, 0.05) is 68.0 Å². The number of allylic oxidation sites excluding steroid dienone is 1. The largest absolute Gasteiger partial charge is 0.417 e. The second-order valence-corrected chi connectivity index (χ2v) is 12.1. The number of aromatic nitrogens is 3. The van der Waals surface area contributed by atoms with E-state index in [1.54, 1.807) is 24.1 Å². The normalized spacial score (nSPS) is 15.5. The summed E-state index contributed by atoms with van der Waals surface area (Å²) in [7, 11) is 1.55. The Morgan fingerprint density at radius 1 is 1.25 bits per heavy atom. The van der Waals surface area contributed by atoms with Gasteiger partial charge < -0.3 is 25.4 Å². The highest BCUT2D eigenvalue weighted by molar-refractivity contribution is 5.93. The number of aryl methyl sites for hydroxylation is 1. The van der Waals surface area contributed by atoms with Crippen molar-refractivity contribution in [1.29, 1.82) is 0 Å². The molecular formula is C32H45F3N6O3. The van der Waals surface area contributed by atoms with Gasteiger partial charge in [0.2, 0.25) is 0 Å². The number of carbonyl (C=O) groups is 1. The van der Waals surface area contributed by atoms with Crippen LogP contribution < -0.4 is 10.6 Å². The SMILES string of the molecule is C=Cc1c(C(=C)NC2CCN(CC(O)COC)CC2)cc(CCCNC(=O)c2cnn(C(C)(C)C)c2)nc1C(=C)C(F)(F)F. The number of carbonyl (C=O) groups excluding carboxylic acids is 1. The number of alkyl halides is 3. The second-order valence-electron chi connectivity index (χ2n) is 12.1. The summed E-state index contributed by atoms with van der Waals surface area (Å²) in [5, 5.41) is 20.5. The zero-order valence-corrected chi connectivity index (χ0v) is 26.1. The van der Waals surface area contributed by atoms with Crippen LogP contribution in [-0.4, -0.2) is 88.9 Å². The minimum atomic E-state index is -4.68. The zero-order chi connectivity index (χ0) is 32.7. The van der Waals surface area contributed by atoms with E-state index in [2.05, 4.69) is 45.4 Å². The monoisotopic (exact) mass is 618 g/mol. The number of amides is 1. The molecule has 0 aliphatic carbocycles. The first kappa shape index (κ1) is 35.0. The number of likely N-dealkylation sites (tertiary alicyclic amines) is 1. The number of nitrogens with zero attached hydrogens (tertiary/aromatic N) is 4. The Balaban J connectivity index is 1.71. The quantitative estimate of drug-likeness (QED) is 0.265. The van der Waals surface area contributed by atoms with E-state index in [1.165, 1.54) is 12.3 Å². The standard InChI is InChI=1S/C32H45F3N6O3/c1-8-27-28(22(3)38-24-11-14-40(15-12-24)19-26(42)20-44-7)16-25(39-29(27)21(2)32(33,34)35)10-9-13-36-30(43)23-17-37-41(18-23)31(4,5)6/h8,16-18,24,26,38,42H,1-3,9-15,19-20H2,4-7H3,(H,36,43). The van der Waals surface area contributed by atoms with Crippen molar-refractivity contribution in [2.24, 2.45) is 0 Å². The molecule has 1 aliphatic heterocycles. The maximum Gasteiger partial charge on any atom is 0.417 e. The summed E-state index contributed by atoms with van der Waals surface area (Å²) in [5.74, 6) is -0.279. The lowest BCUT2D eigenvalue weighted by atomic mass is 9.96. The molecule has 2 aromatic heterocycles. The number of piperidine rings is 1. The van der Waals surface area contributed by atoms with Crippen molar-refractivity contribution in [2.45, 2.75) is 70.3 Å². The van der Waals surface area contributed by atoms with Crippen LogP contribution in [0.15, 0.2) is 38.2 Å². The number of β-amino-alcohol motifs (C(OH)–C–C–N with tert-alkyl or cyclic N) is 1. The number of hydrogen-bond donors (Lipinski definition) is 3. The number of halogens is 3. The number of nitrogens with one attached hydrogen (secondary N) is 2. The Kier molecular flexibility index (Phi) is 11.9. The van der Waals surface area contributed by atoms with Crippen LogP contribution in [-0.2, 0) is 16.7 Å². The predicted molar refractivity (Wildman–Crippen MR) is 167 cm³/mol. The van der Waals surface area contributed by atoms with Gasteiger partial charge in [-0.1, -0.05) is 25.8 Å². The van der Waals surface area contributed by atoms with Gasteiger partial charge in [-0.3, -0.25) is 14.5 Å². The van der Waals surface area contributed by atoms with Gasteiger partial charge in [-0.15, -0.1) is 0 Å². The number of rotatable bonds is 14. The van der Waals surface area contributed by atoms with Crippen molar-refractivity contribution in [1.82, 2.24) is 30.3 Å². The molecule has 1 aliphatic rings. The van der Waals surface area contributed by atoms with E-state index in [4.69, 9.17) is 4.74 Å². The van der Waals surface area contributed by atoms with Gasteiger partial charge >= 0.3 is 6.18 Å². The fourth-order valence-electron chi connectivity index (χ4n) is 5.06. The summed E-state index contributed by atoms with van der Waals surface area (Å²) in [6.45, 7) is 19.7. The molecule has 0 radical (unpaired) electrons. The molecule has 1 atom stereocenters. The van der Waals surface area contributed by atoms with Crippen LogP contribution >= 0.6 is 0 Å². The van der Waals surface area contributed by atoms with E-state index in [0.29, 0.717) is 48.4 Å². The number of hydrogen-bond acceptors (Lipinski definition) is 7. The van der Waals surface area contributed by atoms with E-state index in [1.807, 2.05) is 20.8 Å². The van der Waals surface area contributed by atoms with E-state index in [-0.39, 0.29) is 35.4 Å². The highest BCUT2D eigenvalue weighted by Crippen LogP contribution is 2.36. The maximum atomic E-state index is 13.8. The molecule has 1 saturated heterocycles. The van der Waals surface area contributed by atoms with Crippen LogP contribution in [0.5, 0.6) is 0 Å². The summed E-state index contributed by atoms with van der Waals surface area (Å²) in [5.41, 5.74) is 0.395. The van der Waals surface area contributed by atoms with Crippen LogP contribution in [0.4, 0.5) is 13.2 Å². The van der Waals surface area contributed by atoms with Crippen LogP contribution in [0.2, 0.25) is 0 Å². The minimum absolute atomic E-state index is 0.0553. The van der Waals surface area contributed by atoms with Crippen molar-refractivity contribution < 1.29 is 27.8 Å². The highest BCUT2D eigenvalue weighted by atomic mass is 19.4. The Hall–Kier alpha value is -3.48. The molecule has 242 valence electrons. The molecular weight excluding hydrogens is 573 g/mol. The number of methoxy groups -OCH3 is 1. The van der Waals surface area contributed by atoms with Gasteiger partial charge in [0.1, 0.15) is 0 Å². The molecule has 44 heavy (non-hydrogen) atoms. The molecule has 3 heterocycles. The van der Waals surface area contributed by atoms with Crippen molar-refractivity contribution in [3.8, 4) is 0 Å². The fraction of sp³-hybridized carbons (Fsp3) is 0.531. The number of aliphatic hydroxyl groups is 1. The zero-order valence-electron chi connectivity index (χ0n) is 26.1. The summed E-state index contributed by atoms with van der Waals surface area (Å²) in [6.07, 6.45) is 1.61. The van der Waals surface area contributed by atoms with Gasteiger partial charge in [-0.05, 0) is 52.5 Å². The summed E-state index contributed by atoms with van der Waals surface area (Å²) in [6, 6.07) is 1.78. The average molecular weight is 619 g/mol. The minimum Gasteiger partial charge on any atom is -0.389 e. The third-order valence-corrected chi connectivity index (χ3v) is 7.49. The van der Waals surface area contributed by atoms with E-state index in [9.17, 15) is 23.1 Å². The number of pyridine rings is 1. The second kappa shape index (κ2) is 15.0. The first-order valence-electron chi connectivity index (χ1n) is 14.7. The third-order valence-electron chi connectivity index (χ3n) is 7.49. The lowest BCUT2D eigenvalue weighted by Gasteiger charge is -2.34.